The van der Waals surface area contributed by atoms with Crippen molar-refractivity contribution in [3.05, 3.63) is 18.0 Å². The van der Waals surface area contributed by atoms with E-state index in [2.05, 4.69) is 47.9 Å². The van der Waals surface area contributed by atoms with Crippen LogP contribution in [0.15, 0.2) is 12.4 Å². The highest BCUT2D eigenvalue weighted by atomic mass is 15.2. The molecule has 0 aliphatic carbocycles. The van der Waals surface area contributed by atoms with Gasteiger partial charge in [-0.3, -0.25) is 0 Å². The number of hydrogen-bond acceptors (Lipinski definition) is 4. The van der Waals surface area contributed by atoms with E-state index >= 15 is 0 Å². The molecular formula is C17H30N4. The lowest BCUT2D eigenvalue weighted by molar-refractivity contribution is 0.220. The molecule has 4 nitrogen and oxygen atoms in total. The summed E-state index contributed by atoms with van der Waals surface area (Å²) in [6, 6.07) is 0. The van der Waals surface area contributed by atoms with Gasteiger partial charge < -0.3 is 10.2 Å². The van der Waals surface area contributed by atoms with Crippen LogP contribution in [0.25, 0.3) is 0 Å². The lowest BCUT2D eigenvalue weighted by atomic mass is 9.77. The van der Waals surface area contributed by atoms with Crippen LogP contribution in [0.3, 0.4) is 0 Å². The van der Waals surface area contributed by atoms with Crippen LogP contribution < -0.4 is 10.2 Å². The minimum absolute atomic E-state index is 0.409. The zero-order chi connectivity index (χ0) is 15.3. The Kier molecular flexibility index (Phi) is 5.57. The third kappa shape index (κ3) is 4.67. The number of aromatic nitrogens is 2. The van der Waals surface area contributed by atoms with Crippen LogP contribution in [0.5, 0.6) is 0 Å². The topological polar surface area (TPSA) is 41.1 Å². The molecule has 1 aliphatic heterocycles. The first kappa shape index (κ1) is 16.2. The molecule has 4 heteroatoms. The summed E-state index contributed by atoms with van der Waals surface area (Å²) in [6.45, 7) is 13.2. The van der Waals surface area contributed by atoms with Crippen molar-refractivity contribution in [3.63, 3.8) is 0 Å². The van der Waals surface area contributed by atoms with Gasteiger partial charge in [0.05, 0.1) is 0 Å². The average Bonchev–Trinajstić information content (AvgIpc) is 2.71. The van der Waals surface area contributed by atoms with Gasteiger partial charge in [-0.1, -0.05) is 27.7 Å². The minimum Gasteiger partial charge on any atom is -0.341 e. The Balaban J connectivity index is 1.96. The molecule has 1 saturated heterocycles. The molecule has 1 aromatic heterocycles. The first-order chi connectivity index (χ1) is 10.0. The van der Waals surface area contributed by atoms with Crippen molar-refractivity contribution in [1.29, 1.82) is 0 Å². The van der Waals surface area contributed by atoms with Gasteiger partial charge >= 0.3 is 0 Å². The minimum atomic E-state index is 0.409. The molecule has 2 rings (SSSR count). The quantitative estimate of drug-likeness (QED) is 0.924. The molecule has 118 valence electrons. The van der Waals surface area contributed by atoms with Gasteiger partial charge in [0, 0.05) is 37.6 Å². The lowest BCUT2D eigenvalue weighted by Crippen LogP contribution is -2.27. The van der Waals surface area contributed by atoms with Gasteiger partial charge in [-0.05, 0) is 37.1 Å². The normalized spacial score (nSPS) is 20.4. The zero-order valence-electron chi connectivity index (χ0n) is 14.0. The molecule has 0 amide bonds. The molecule has 1 aliphatic rings. The number of rotatable bonds is 4. The van der Waals surface area contributed by atoms with E-state index < -0.39 is 0 Å². The van der Waals surface area contributed by atoms with Crippen molar-refractivity contribution in [2.75, 3.05) is 24.5 Å². The van der Waals surface area contributed by atoms with Crippen molar-refractivity contribution in [3.8, 4) is 0 Å². The number of nitrogens with one attached hydrogen (secondary N) is 1. The van der Waals surface area contributed by atoms with E-state index in [0.717, 1.165) is 43.6 Å². The molecule has 1 atom stereocenters. The van der Waals surface area contributed by atoms with E-state index in [0.29, 0.717) is 5.41 Å². The van der Waals surface area contributed by atoms with Crippen molar-refractivity contribution in [1.82, 2.24) is 15.3 Å². The van der Waals surface area contributed by atoms with E-state index in [9.17, 15) is 0 Å². The third-order valence-corrected chi connectivity index (χ3v) is 4.51. The molecule has 21 heavy (non-hydrogen) atoms. The highest BCUT2D eigenvalue weighted by Gasteiger charge is 2.27. The van der Waals surface area contributed by atoms with Gasteiger partial charge in [-0.2, -0.15) is 0 Å². The Morgan fingerprint density at radius 3 is 2.52 bits per heavy atom. The van der Waals surface area contributed by atoms with Gasteiger partial charge in [-0.25, -0.2) is 9.97 Å². The smallest absolute Gasteiger partial charge is 0.225 e. The van der Waals surface area contributed by atoms with Crippen LogP contribution in [-0.2, 0) is 6.54 Å². The molecule has 2 heterocycles. The van der Waals surface area contributed by atoms with E-state index in [1.54, 1.807) is 0 Å². The Labute approximate surface area is 129 Å². The van der Waals surface area contributed by atoms with Crippen molar-refractivity contribution >= 4 is 5.95 Å². The number of nitrogens with zero attached hydrogens (tertiary/aromatic N) is 3. The van der Waals surface area contributed by atoms with Crippen LogP contribution >= 0.6 is 0 Å². The average molecular weight is 290 g/mol. The molecule has 1 unspecified atom stereocenters. The van der Waals surface area contributed by atoms with Crippen molar-refractivity contribution in [2.45, 2.75) is 53.5 Å². The molecule has 0 aromatic carbocycles. The third-order valence-electron chi connectivity index (χ3n) is 4.51. The summed E-state index contributed by atoms with van der Waals surface area (Å²) in [5, 5.41) is 3.30. The second-order valence-corrected chi connectivity index (χ2v) is 7.15. The molecular weight excluding hydrogens is 260 g/mol. The van der Waals surface area contributed by atoms with Crippen LogP contribution in [0.2, 0.25) is 0 Å². The molecule has 1 aromatic rings. The second kappa shape index (κ2) is 7.21. The second-order valence-electron chi connectivity index (χ2n) is 7.15. The molecule has 1 N–H and O–H groups in total. The summed E-state index contributed by atoms with van der Waals surface area (Å²) in [6.07, 6.45) is 7.71. The highest BCUT2D eigenvalue weighted by Crippen LogP contribution is 2.34. The molecule has 0 bridgehead atoms. The van der Waals surface area contributed by atoms with Crippen LogP contribution in [0.4, 0.5) is 5.95 Å². The lowest BCUT2D eigenvalue weighted by Gasteiger charge is -2.29. The first-order valence-corrected chi connectivity index (χ1v) is 8.27. The maximum Gasteiger partial charge on any atom is 0.225 e. The fraction of sp³-hybridized carbons (Fsp3) is 0.765. The largest absolute Gasteiger partial charge is 0.341 e. The molecule has 0 radical (unpaired) electrons. The van der Waals surface area contributed by atoms with Crippen LogP contribution in [0, 0.1) is 11.3 Å². The number of anilines is 1. The van der Waals surface area contributed by atoms with E-state index in [-0.39, 0.29) is 0 Å². The molecule has 1 fully saturated rings. The fourth-order valence-corrected chi connectivity index (χ4v) is 3.03. The van der Waals surface area contributed by atoms with Gasteiger partial charge in [-0.15, -0.1) is 0 Å². The van der Waals surface area contributed by atoms with Gasteiger partial charge in [0.1, 0.15) is 0 Å². The summed E-state index contributed by atoms with van der Waals surface area (Å²) in [5.74, 6) is 1.69. The maximum absolute atomic E-state index is 4.56. The van der Waals surface area contributed by atoms with E-state index in [1.165, 1.54) is 19.3 Å². The van der Waals surface area contributed by atoms with Gasteiger partial charge in [0.2, 0.25) is 5.95 Å². The monoisotopic (exact) mass is 290 g/mol. The Bertz CT molecular complexity index is 421. The first-order valence-electron chi connectivity index (χ1n) is 8.27. The Morgan fingerprint density at radius 1 is 1.19 bits per heavy atom. The van der Waals surface area contributed by atoms with Crippen molar-refractivity contribution < 1.29 is 0 Å². The highest BCUT2D eigenvalue weighted by molar-refractivity contribution is 5.30. The molecule has 0 saturated carbocycles. The predicted molar refractivity (Wildman–Crippen MR) is 88.4 cm³/mol. The van der Waals surface area contributed by atoms with Crippen LogP contribution in [0.1, 0.15) is 52.5 Å². The summed E-state index contributed by atoms with van der Waals surface area (Å²) in [7, 11) is 0. The summed E-state index contributed by atoms with van der Waals surface area (Å²) in [4.78, 5) is 11.5. The van der Waals surface area contributed by atoms with Crippen molar-refractivity contribution in [2.24, 2.45) is 11.3 Å². The Morgan fingerprint density at radius 2 is 1.90 bits per heavy atom. The Hall–Kier alpha value is -1.16. The van der Waals surface area contributed by atoms with Gasteiger partial charge in [0.25, 0.3) is 0 Å². The van der Waals surface area contributed by atoms with Crippen LogP contribution in [-0.4, -0.2) is 29.6 Å². The van der Waals surface area contributed by atoms with E-state index in [4.69, 9.17) is 0 Å². The standard InChI is InChI=1S/C17H30N4/c1-5-18-11-14-12-19-16(20-13-14)21-9-6-7-15(8-10-21)17(2,3)4/h12-13,15,18H,5-11H2,1-4H3. The zero-order valence-corrected chi connectivity index (χ0v) is 14.0. The SMILES string of the molecule is CCNCc1cnc(N2CCCC(C(C)(C)C)CC2)nc1. The van der Waals surface area contributed by atoms with E-state index in [1.807, 2.05) is 12.4 Å². The molecule has 0 spiro atoms. The fourth-order valence-electron chi connectivity index (χ4n) is 3.03. The summed E-state index contributed by atoms with van der Waals surface area (Å²) in [5.41, 5.74) is 1.56. The van der Waals surface area contributed by atoms with Gasteiger partial charge in [0.15, 0.2) is 0 Å². The predicted octanol–water partition coefficient (Wildman–Crippen LogP) is 3.24. The summed E-state index contributed by atoms with van der Waals surface area (Å²) < 4.78 is 0. The summed E-state index contributed by atoms with van der Waals surface area (Å²) >= 11 is 0. The maximum atomic E-state index is 4.56. The number of hydrogen-bond donors (Lipinski definition) is 1.